The molecule has 0 radical (unpaired) electrons. The third-order valence-electron chi connectivity index (χ3n) is 25.1. The normalized spacial score (nSPS) is 27.0. The first-order valence-electron chi connectivity index (χ1n) is 44.7. The number of aromatic nitrogens is 12. The predicted octanol–water partition coefficient (Wildman–Crippen LogP) is 8.10. The summed E-state index contributed by atoms with van der Waals surface area (Å²) in [5, 5.41) is 44.3. The van der Waals surface area contributed by atoms with Crippen LogP contribution in [0, 0.1) is 35.5 Å². The van der Waals surface area contributed by atoms with E-state index in [4.69, 9.17) is 68.8 Å². The van der Waals surface area contributed by atoms with E-state index < -0.39 is 83.7 Å². The average molecular weight is 1770 g/mol. The van der Waals surface area contributed by atoms with E-state index in [0.29, 0.717) is 191 Å². The van der Waals surface area contributed by atoms with Crippen LogP contribution in [0.4, 0.5) is 23.7 Å². The Morgan fingerprint density at radius 3 is 2.18 bits per heavy atom. The number of nitrogens with zero attached hydrogens (tertiary/aromatic N) is 15. The van der Waals surface area contributed by atoms with Gasteiger partial charge in [-0.05, 0) is 138 Å². The van der Waals surface area contributed by atoms with Crippen molar-refractivity contribution < 1.29 is 86.1 Å². The van der Waals surface area contributed by atoms with E-state index in [-0.39, 0.29) is 105 Å². The number of Topliss-reactive ketones (excluding diaryl/α,β-unsaturated/α-hetero) is 3. The summed E-state index contributed by atoms with van der Waals surface area (Å²) in [6, 6.07) is 4.15. The van der Waals surface area contributed by atoms with E-state index in [0.717, 1.165) is 24.0 Å². The van der Waals surface area contributed by atoms with Gasteiger partial charge in [-0.2, -0.15) is 10.1 Å². The molecular weight excluding hydrogens is 1650 g/mol. The lowest BCUT2D eigenvalue weighted by Gasteiger charge is -2.42. The Balaban J connectivity index is 0.563. The summed E-state index contributed by atoms with van der Waals surface area (Å²) >= 11 is 0. The number of hydrogen-bond acceptors (Lipinski definition) is 32. The number of aliphatic hydroxyl groups is 2. The van der Waals surface area contributed by atoms with Crippen LogP contribution in [0.5, 0.6) is 0 Å². The standard InChI is InChI=1S/C91H125N19O18/c1-55-18-12-11-13-19-56(2)73(120-8)47-66-24-21-61(7)91(119,128-66)82(115)86(117)108-30-16-14-20-70(108)87(118)126-74(48-71(111)57(3)43-60(6)80(114)81(122-10)79(113)59(5)42-55)58(4)44-62-22-25-69(75(45-62)121-9)110-53-68(103-105-110)64-49-96-89(97-50-64)106-32-34-107(35-33-106)90-98-51-65(52-99-90)85(116)95-29-37-124-39-41-125-40-38-123-36-27-76(112)94-28-15-17-31-109-84-77(83(92)100-54-101-84)78(104-109)63-23-26-72-67(46-63)102-88(93)127-72/h11-13,18-19,23,26,43,46,49-55,57-59,61-62,66,69-70,73-75,80-81,114,119H,14-17,20-22,24-25,27-42,44-45,47-48H2,1-10H3,(H2,93,102)(H,94,112)(H,95,116)(H2,92,100,101)/b13-11+,18-12+,56-19+,60-43+/t55-,57-,58-,59-,61-,62+,66+,69+,70+,73+,74+,75-,80-,81+,91-/m1/s1. The number of rotatable bonds is 29. The number of fused-ring (bicyclic) bond motifs is 5. The highest BCUT2D eigenvalue weighted by atomic mass is 16.6. The Morgan fingerprint density at radius 1 is 0.742 bits per heavy atom. The van der Waals surface area contributed by atoms with Crippen molar-refractivity contribution in [2.45, 2.75) is 206 Å². The Morgan fingerprint density at radius 2 is 1.46 bits per heavy atom. The Labute approximate surface area is 745 Å². The molecule has 0 spiro atoms. The second kappa shape index (κ2) is 46.0. The molecule has 7 aromatic rings. The summed E-state index contributed by atoms with van der Waals surface area (Å²) in [6.07, 6.45) is 22.7. The third kappa shape index (κ3) is 24.8. The van der Waals surface area contributed by atoms with E-state index >= 15 is 0 Å². The number of hydrogen-bond donors (Lipinski definition) is 6. The molecule has 6 aromatic heterocycles. The zero-order valence-corrected chi connectivity index (χ0v) is 75.0. The Bertz CT molecular complexity index is 5030. The maximum atomic E-state index is 14.9. The van der Waals surface area contributed by atoms with Gasteiger partial charge in [-0.3, -0.25) is 28.8 Å². The number of piperazine rings is 1. The fourth-order valence-electron chi connectivity index (χ4n) is 17.5. The minimum absolute atomic E-state index is 0.0177. The van der Waals surface area contributed by atoms with E-state index in [1.165, 1.54) is 30.7 Å². The predicted molar refractivity (Wildman–Crippen MR) is 474 cm³/mol. The van der Waals surface area contributed by atoms with Gasteiger partial charge in [-0.1, -0.05) is 76.3 Å². The summed E-state index contributed by atoms with van der Waals surface area (Å²) in [6.45, 7) is 18.2. The summed E-state index contributed by atoms with van der Waals surface area (Å²) in [5.74, 6) is -7.58. The van der Waals surface area contributed by atoms with Gasteiger partial charge < -0.3 is 89.3 Å². The molecule has 3 saturated heterocycles. The Hall–Kier alpha value is -10.8. The van der Waals surface area contributed by atoms with Crippen molar-refractivity contribution >= 4 is 86.9 Å². The highest BCUT2D eigenvalue weighted by molar-refractivity contribution is 6.39. The number of esters is 1. The number of carbonyl (C=O) groups is 7. The number of nitrogens with one attached hydrogen (secondary N) is 2. The number of aryl methyl sites for hydroxylation is 1. The molecule has 15 atom stereocenters. The largest absolute Gasteiger partial charge is 0.460 e. The van der Waals surface area contributed by atoms with Crippen LogP contribution in [-0.2, 0) is 73.2 Å². The number of allylic oxidation sites excluding steroid dienone is 6. The molecule has 37 nitrogen and oxygen atoms in total. The number of nitrogens with two attached hydrogens (primary N) is 2. The number of ether oxygens (including phenoxy) is 8. The number of benzene rings is 1. The second-order valence-corrected chi connectivity index (χ2v) is 34.4. The smallest absolute Gasteiger partial charge is 0.329 e. The lowest BCUT2D eigenvalue weighted by Crippen LogP contribution is -2.61. The van der Waals surface area contributed by atoms with Crippen molar-refractivity contribution in [3.05, 3.63) is 109 Å². The molecule has 128 heavy (non-hydrogen) atoms. The number of methoxy groups -OCH3 is 3. The van der Waals surface area contributed by atoms with Crippen molar-refractivity contribution in [2.75, 3.05) is 128 Å². The van der Waals surface area contributed by atoms with Crippen molar-refractivity contribution in [3.8, 4) is 22.5 Å². The highest BCUT2D eigenvalue weighted by Gasteiger charge is 2.53. The molecule has 3 amide bonds. The molecule has 0 unspecified atom stereocenters. The number of amides is 3. The van der Waals surface area contributed by atoms with Crippen LogP contribution in [0.25, 0.3) is 44.6 Å². The molecule has 37 heteroatoms. The van der Waals surface area contributed by atoms with Crippen LogP contribution in [-0.4, -0.2) is 271 Å². The van der Waals surface area contributed by atoms with Crippen molar-refractivity contribution in [2.24, 2.45) is 35.5 Å². The van der Waals surface area contributed by atoms with Crippen LogP contribution in [0.15, 0.2) is 108 Å². The molecule has 2 bridgehead atoms. The van der Waals surface area contributed by atoms with Crippen LogP contribution < -0.4 is 31.9 Å². The molecule has 8 N–H and O–H groups in total. The number of anilines is 4. The van der Waals surface area contributed by atoms with Gasteiger partial charge in [0.05, 0.1) is 81.1 Å². The van der Waals surface area contributed by atoms with Crippen molar-refractivity contribution in [1.82, 2.24) is 75.2 Å². The number of unbranched alkanes of at least 4 members (excludes halogenated alkanes) is 1. The lowest BCUT2D eigenvalue weighted by atomic mass is 9.77. The minimum Gasteiger partial charge on any atom is -0.460 e. The van der Waals surface area contributed by atoms with Gasteiger partial charge in [-0.15, -0.1) is 5.10 Å². The number of aliphatic hydroxyl groups excluding tert-OH is 1. The van der Waals surface area contributed by atoms with Gasteiger partial charge in [0, 0.05) is 147 Å². The molecular formula is C91H125N19O18. The van der Waals surface area contributed by atoms with Crippen molar-refractivity contribution in [1.29, 1.82) is 0 Å². The lowest BCUT2D eigenvalue weighted by molar-refractivity contribution is -0.265. The summed E-state index contributed by atoms with van der Waals surface area (Å²) in [7, 11) is 4.61. The van der Waals surface area contributed by atoms with E-state index in [9.17, 15) is 43.8 Å². The number of carbonyl (C=O) groups excluding carboxylic acids is 7. The monoisotopic (exact) mass is 1770 g/mol. The summed E-state index contributed by atoms with van der Waals surface area (Å²) in [5.41, 5.74) is 18.0. The van der Waals surface area contributed by atoms with Gasteiger partial charge in [0.2, 0.25) is 23.6 Å². The maximum absolute atomic E-state index is 14.9. The first-order chi connectivity index (χ1) is 61.7. The first-order valence-corrected chi connectivity index (χ1v) is 44.7. The topological polar surface area (TPSA) is 472 Å². The van der Waals surface area contributed by atoms with Gasteiger partial charge in [0.1, 0.15) is 59.2 Å². The fourth-order valence-corrected chi connectivity index (χ4v) is 17.5. The van der Waals surface area contributed by atoms with E-state index in [1.54, 1.807) is 64.2 Å². The van der Waals surface area contributed by atoms with Gasteiger partial charge in [0.15, 0.2) is 17.0 Å². The molecule has 1 aliphatic carbocycles. The molecule has 1 aromatic carbocycles. The number of oxazole rings is 1. The van der Waals surface area contributed by atoms with Crippen molar-refractivity contribution in [3.63, 3.8) is 0 Å². The molecule has 12 rings (SSSR count). The number of piperidine rings is 1. The first kappa shape index (κ1) is 96.3. The number of ketones is 3. The second-order valence-electron chi connectivity index (χ2n) is 34.4. The average Bonchev–Trinajstić information content (AvgIpc) is 1.55. The van der Waals surface area contributed by atoms with Crippen LogP contribution in [0.1, 0.15) is 161 Å². The van der Waals surface area contributed by atoms with Crippen LogP contribution in [0.3, 0.4) is 0 Å². The van der Waals surface area contributed by atoms with Crippen LogP contribution in [0.2, 0.25) is 0 Å². The SMILES string of the molecule is CO[C@H]1C[C@@H]2CC[C@@H](C)[C@@](O)(O2)C(=O)C(=O)N2CCCC[C@H]2C(=O)O[C@H]([C@H](C)C[C@@H]2CC[C@H](n3cc(-c4cnc(N5CCN(c6ncc(C(=O)NCCOCCOCCOCCC(=O)NCCCCn7nc(-c8ccc9oc(N)nc9c8)c8c(N)ncnc87)cn6)CC5)nc4)nn3)[C@H](OC)C2)CC(=O)[C@H](C)/C=C(\C)[C@@H](O)[C@@H](OC)C(=O)[C@H](C)C[C@H](C)/C=C/C=C/C=C/1C. The zero-order valence-electron chi connectivity index (χ0n) is 75.0. The molecule has 10 heterocycles. The number of cyclic esters (lactones) is 1. The summed E-state index contributed by atoms with van der Waals surface area (Å²) in [4.78, 5) is 135. The number of nitrogen functional groups attached to an aromatic ring is 2. The molecule has 1 saturated carbocycles. The third-order valence-corrected chi connectivity index (χ3v) is 25.1. The van der Waals surface area contributed by atoms with E-state index in [2.05, 4.69) is 50.8 Å². The highest BCUT2D eigenvalue weighted by Crippen LogP contribution is 2.41. The van der Waals surface area contributed by atoms with Crippen LogP contribution >= 0.6 is 0 Å². The maximum Gasteiger partial charge on any atom is 0.329 e. The zero-order chi connectivity index (χ0) is 91.1. The van der Waals surface area contributed by atoms with Gasteiger partial charge in [0.25, 0.3) is 23.6 Å². The quantitative estimate of drug-likeness (QED) is 0.0111. The minimum atomic E-state index is -2.48. The molecule has 4 aliphatic heterocycles. The van der Waals surface area contributed by atoms with Gasteiger partial charge >= 0.3 is 5.97 Å². The van der Waals surface area contributed by atoms with E-state index in [1.807, 2.05) is 86.0 Å². The molecule has 692 valence electrons. The fraction of sp³-hybridized carbons (Fsp3) is 0.593. The summed E-state index contributed by atoms with van der Waals surface area (Å²) < 4.78 is 56.4. The molecule has 4 fully saturated rings. The Kier molecular flexibility index (Phi) is 34.6. The molecule has 5 aliphatic rings. The van der Waals surface area contributed by atoms with Gasteiger partial charge in [-0.25, -0.2) is 44.1 Å².